The van der Waals surface area contributed by atoms with Crippen LogP contribution in [0, 0.1) is 17.1 Å². The average Bonchev–Trinajstić information content (AvgIpc) is 2.66. The topological polar surface area (TPSA) is 65.4 Å². The van der Waals surface area contributed by atoms with Gasteiger partial charge in [-0.3, -0.25) is 0 Å². The molecule has 3 heterocycles. The number of pyridine rings is 2. The molecule has 0 unspecified atom stereocenters. The fourth-order valence-electron chi connectivity index (χ4n) is 1.76. The summed E-state index contributed by atoms with van der Waals surface area (Å²) in [6.07, 6.45) is 2.66. The number of aromatic nitrogens is 3. The van der Waals surface area contributed by atoms with Crippen molar-refractivity contribution in [3.05, 3.63) is 35.9 Å². The fourth-order valence-corrected chi connectivity index (χ4v) is 1.76. The van der Waals surface area contributed by atoms with Crippen LogP contribution in [-0.4, -0.2) is 15.0 Å². The van der Waals surface area contributed by atoms with E-state index >= 15 is 0 Å². The molecular formula is C11H5FN4. The predicted molar refractivity (Wildman–Crippen MR) is 56.1 cm³/mol. The molecule has 3 rings (SSSR count). The van der Waals surface area contributed by atoms with E-state index in [4.69, 9.17) is 5.26 Å². The number of nitrogens with one attached hydrogen (secondary N) is 1. The molecule has 1 N–H and O–H groups in total. The first-order chi connectivity index (χ1) is 7.79. The first-order valence-corrected chi connectivity index (χ1v) is 4.61. The number of nitriles is 1. The number of rotatable bonds is 0. The highest BCUT2D eigenvalue weighted by Gasteiger charge is 2.10. The van der Waals surface area contributed by atoms with Crippen molar-refractivity contribution in [2.24, 2.45) is 0 Å². The molecule has 0 fully saturated rings. The second-order valence-corrected chi connectivity index (χ2v) is 3.37. The van der Waals surface area contributed by atoms with Gasteiger partial charge in [0.15, 0.2) is 0 Å². The molecule has 0 spiro atoms. The van der Waals surface area contributed by atoms with E-state index in [2.05, 4.69) is 21.0 Å². The monoisotopic (exact) mass is 212 g/mol. The van der Waals surface area contributed by atoms with Crippen LogP contribution in [0.3, 0.4) is 0 Å². The molecule has 0 atom stereocenters. The van der Waals surface area contributed by atoms with Gasteiger partial charge in [0, 0.05) is 17.0 Å². The molecule has 0 aromatic carbocycles. The Kier molecular flexibility index (Phi) is 1.65. The van der Waals surface area contributed by atoms with Crippen LogP contribution in [-0.2, 0) is 0 Å². The van der Waals surface area contributed by atoms with Gasteiger partial charge in [-0.25, -0.2) is 14.4 Å². The highest BCUT2D eigenvalue weighted by Crippen LogP contribution is 2.25. The van der Waals surface area contributed by atoms with Crippen molar-refractivity contribution in [3.63, 3.8) is 0 Å². The largest absolute Gasteiger partial charge is 0.324 e. The summed E-state index contributed by atoms with van der Waals surface area (Å²) in [6.45, 7) is 0. The van der Waals surface area contributed by atoms with Gasteiger partial charge < -0.3 is 4.98 Å². The van der Waals surface area contributed by atoms with E-state index in [0.717, 1.165) is 6.20 Å². The normalized spacial score (nSPS) is 10.8. The Morgan fingerprint density at radius 2 is 2.19 bits per heavy atom. The Bertz CT molecular complexity index is 739. The molecule has 0 saturated carbocycles. The molecule has 0 amide bonds. The van der Waals surface area contributed by atoms with Crippen LogP contribution in [0.1, 0.15) is 5.56 Å². The number of H-pyrrole nitrogens is 1. The van der Waals surface area contributed by atoms with Gasteiger partial charge in [0.1, 0.15) is 17.1 Å². The van der Waals surface area contributed by atoms with Crippen LogP contribution in [0.4, 0.5) is 4.39 Å². The number of fused-ring (bicyclic) bond motifs is 3. The number of hydrogen-bond acceptors (Lipinski definition) is 3. The molecule has 0 bridgehead atoms. The summed E-state index contributed by atoms with van der Waals surface area (Å²) < 4.78 is 13.1. The molecule has 0 aliphatic heterocycles. The summed E-state index contributed by atoms with van der Waals surface area (Å²) in [5.41, 5.74) is 1.54. The maximum atomic E-state index is 13.1. The highest BCUT2D eigenvalue weighted by atomic mass is 19.1. The number of halogens is 1. The Morgan fingerprint density at radius 1 is 1.31 bits per heavy atom. The molecule has 3 aromatic heterocycles. The third-order valence-corrected chi connectivity index (χ3v) is 2.43. The summed E-state index contributed by atoms with van der Waals surface area (Å²) in [6, 6.07) is 5.01. The number of aromatic amines is 1. The van der Waals surface area contributed by atoms with Gasteiger partial charge in [-0.05, 0) is 12.1 Å². The first-order valence-electron chi connectivity index (χ1n) is 4.61. The summed E-state index contributed by atoms with van der Waals surface area (Å²) in [7, 11) is 0. The van der Waals surface area contributed by atoms with Crippen LogP contribution >= 0.6 is 0 Å². The summed E-state index contributed by atoms with van der Waals surface area (Å²) in [5, 5.41) is 10.2. The summed E-state index contributed by atoms with van der Waals surface area (Å²) in [5.74, 6) is -0.429. The minimum atomic E-state index is -0.429. The van der Waals surface area contributed by atoms with Crippen LogP contribution in [0.25, 0.3) is 22.1 Å². The number of nitrogens with zero attached hydrogens (tertiary/aromatic N) is 3. The van der Waals surface area contributed by atoms with Crippen LogP contribution in [0.5, 0.6) is 0 Å². The standard InChI is InChI=1S/C11H5FN4/c12-7-3-8-9-6(4-13)1-2-14-11(9)16-10(8)15-5-7/h1-3,5H,(H,14,15,16). The third kappa shape index (κ3) is 1.07. The zero-order chi connectivity index (χ0) is 11.1. The van der Waals surface area contributed by atoms with Gasteiger partial charge in [-0.1, -0.05) is 0 Å². The zero-order valence-electron chi connectivity index (χ0n) is 8.03. The molecule has 0 saturated heterocycles. The second-order valence-electron chi connectivity index (χ2n) is 3.37. The Labute approximate surface area is 89.4 Å². The maximum Gasteiger partial charge on any atom is 0.142 e. The van der Waals surface area contributed by atoms with Gasteiger partial charge in [0.25, 0.3) is 0 Å². The van der Waals surface area contributed by atoms with E-state index < -0.39 is 5.82 Å². The van der Waals surface area contributed by atoms with Crippen LogP contribution in [0.15, 0.2) is 24.5 Å². The molecule has 4 nitrogen and oxygen atoms in total. The minimum absolute atomic E-state index is 0.429. The van der Waals surface area contributed by atoms with Crippen molar-refractivity contribution in [1.82, 2.24) is 15.0 Å². The Hall–Kier alpha value is -2.48. The Morgan fingerprint density at radius 3 is 3.00 bits per heavy atom. The van der Waals surface area contributed by atoms with Crippen molar-refractivity contribution in [2.75, 3.05) is 0 Å². The lowest BCUT2D eigenvalue weighted by atomic mass is 10.1. The maximum absolute atomic E-state index is 13.1. The van der Waals surface area contributed by atoms with Crippen molar-refractivity contribution >= 4 is 22.1 Å². The summed E-state index contributed by atoms with van der Waals surface area (Å²) >= 11 is 0. The highest BCUT2D eigenvalue weighted by molar-refractivity contribution is 6.07. The summed E-state index contributed by atoms with van der Waals surface area (Å²) in [4.78, 5) is 10.9. The SMILES string of the molecule is N#Cc1ccnc2[nH]c3ncc(F)cc3c12. The molecule has 0 aliphatic rings. The van der Waals surface area contributed by atoms with Gasteiger partial charge in [0.05, 0.1) is 17.8 Å². The van der Waals surface area contributed by atoms with E-state index in [1.807, 2.05) is 0 Å². The van der Waals surface area contributed by atoms with Crippen molar-refractivity contribution in [3.8, 4) is 6.07 Å². The molecule has 16 heavy (non-hydrogen) atoms. The smallest absolute Gasteiger partial charge is 0.142 e. The lowest BCUT2D eigenvalue weighted by molar-refractivity contribution is 0.624. The van der Waals surface area contributed by atoms with E-state index in [0.29, 0.717) is 27.6 Å². The van der Waals surface area contributed by atoms with Crippen molar-refractivity contribution in [2.45, 2.75) is 0 Å². The third-order valence-electron chi connectivity index (χ3n) is 2.43. The van der Waals surface area contributed by atoms with Gasteiger partial charge in [-0.15, -0.1) is 0 Å². The van der Waals surface area contributed by atoms with Gasteiger partial charge in [0.2, 0.25) is 0 Å². The lowest BCUT2D eigenvalue weighted by Crippen LogP contribution is -1.80. The van der Waals surface area contributed by atoms with Crippen LogP contribution < -0.4 is 0 Å². The lowest BCUT2D eigenvalue weighted by Gasteiger charge is -1.92. The van der Waals surface area contributed by atoms with E-state index in [1.165, 1.54) is 12.3 Å². The fraction of sp³-hybridized carbons (Fsp3) is 0. The number of hydrogen-bond donors (Lipinski definition) is 1. The molecule has 76 valence electrons. The molecule has 0 radical (unpaired) electrons. The average molecular weight is 212 g/mol. The van der Waals surface area contributed by atoms with Crippen molar-refractivity contribution in [1.29, 1.82) is 5.26 Å². The Balaban J connectivity index is 2.61. The molecule has 0 aliphatic carbocycles. The van der Waals surface area contributed by atoms with Crippen molar-refractivity contribution < 1.29 is 4.39 Å². The predicted octanol–water partition coefficient (Wildman–Crippen LogP) is 2.12. The van der Waals surface area contributed by atoms with E-state index in [1.54, 1.807) is 6.07 Å². The quantitative estimate of drug-likeness (QED) is 0.620. The molecule has 5 heteroatoms. The minimum Gasteiger partial charge on any atom is -0.324 e. The molecule has 3 aromatic rings. The molecular weight excluding hydrogens is 207 g/mol. The van der Waals surface area contributed by atoms with Gasteiger partial charge in [-0.2, -0.15) is 5.26 Å². The zero-order valence-corrected chi connectivity index (χ0v) is 8.03. The van der Waals surface area contributed by atoms with Gasteiger partial charge >= 0.3 is 0 Å². The van der Waals surface area contributed by atoms with E-state index in [-0.39, 0.29) is 0 Å². The first kappa shape index (κ1) is 8.80. The second kappa shape index (κ2) is 3.00. The van der Waals surface area contributed by atoms with E-state index in [9.17, 15) is 4.39 Å². The van der Waals surface area contributed by atoms with Crippen LogP contribution in [0.2, 0.25) is 0 Å².